The number of nitrogens with zero attached hydrogens (tertiary/aromatic N) is 3. The number of aromatic amines is 1. The Morgan fingerprint density at radius 2 is 1.77 bits per heavy atom. The Morgan fingerprint density at radius 3 is 2.37 bits per heavy atom. The van der Waals surface area contributed by atoms with E-state index in [2.05, 4.69) is 58.6 Å². The highest BCUT2D eigenvalue weighted by Gasteiger charge is 2.18. The first-order valence-electron chi connectivity index (χ1n) is 10.9. The van der Waals surface area contributed by atoms with Crippen molar-refractivity contribution in [2.24, 2.45) is 5.92 Å². The van der Waals surface area contributed by atoms with Crippen LogP contribution in [0.5, 0.6) is 0 Å². The minimum atomic E-state index is -1.10. The molecule has 0 saturated heterocycles. The van der Waals surface area contributed by atoms with Crippen LogP contribution in [-0.2, 0) is 16.1 Å². The van der Waals surface area contributed by atoms with Gasteiger partial charge in [0.1, 0.15) is 5.82 Å². The molecule has 1 aromatic heterocycles. The summed E-state index contributed by atoms with van der Waals surface area (Å²) in [4.78, 5) is 37.7. The summed E-state index contributed by atoms with van der Waals surface area (Å²) >= 11 is 5.45. The lowest BCUT2D eigenvalue weighted by molar-refractivity contribution is -0.754. The summed E-state index contributed by atoms with van der Waals surface area (Å²) < 4.78 is 2.22. The second-order valence-corrected chi connectivity index (χ2v) is 8.72. The third-order valence-corrected chi connectivity index (χ3v) is 5.49. The SMILES string of the molecule is CC(C)Cc1ccc(C(C)c2n[nH]c(=S)n2-c2ccc(C(=O)NNC(=O)CO[N+](=O)[O-])cc2)cc1. The van der Waals surface area contributed by atoms with E-state index in [-0.39, 0.29) is 11.5 Å². The molecule has 0 spiro atoms. The molecule has 0 saturated carbocycles. The van der Waals surface area contributed by atoms with Crippen LogP contribution in [0, 0.1) is 20.8 Å². The van der Waals surface area contributed by atoms with Gasteiger partial charge >= 0.3 is 0 Å². The molecule has 184 valence electrons. The average Bonchev–Trinajstić information content (AvgIpc) is 3.22. The van der Waals surface area contributed by atoms with Crippen molar-refractivity contribution in [2.75, 3.05) is 6.61 Å². The molecule has 1 unspecified atom stereocenters. The summed E-state index contributed by atoms with van der Waals surface area (Å²) in [5, 5.41) is 16.3. The Morgan fingerprint density at radius 1 is 1.11 bits per heavy atom. The molecule has 1 atom stereocenters. The molecule has 0 aliphatic carbocycles. The standard InChI is InChI=1S/C23H26N6O5S/c1-14(2)12-16-4-6-17(7-5-16)15(3)21-25-27-23(35)28(21)19-10-8-18(9-11-19)22(31)26-24-20(30)13-34-29(32)33/h4-11,14-15H,12-13H2,1-3H3,(H,24,30)(H,26,31)(H,27,35). The van der Waals surface area contributed by atoms with E-state index in [4.69, 9.17) is 12.2 Å². The van der Waals surface area contributed by atoms with Crippen molar-refractivity contribution in [2.45, 2.75) is 33.1 Å². The molecule has 35 heavy (non-hydrogen) atoms. The molecule has 0 aliphatic heterocycles. The number of carbonyl (C=O) groups excluding carboxylic acids is 2. The first-order valence-corrected chi connectivity index (χ1v) is 11.3. The third-order valence-electron chi connectivity index (χ3n) is 5.21. The van der Waals surface area contributed by atoms with Crippen LogP contribution in [0.2, 0.25) is 0 Å². The maximum absolute atomic E-state index is 12.3. The Hall–Kier alpha value is -4.06. The molecule has 2 aromatic carbocycles. The second kappa shape index (κ2) is 11.4. The van der Waals surface area contributed by atoms with Crippen molar-refractivity contribution in [1.82, 2.24) is 25.6 Å². The number of H-pyrrole nitrogens is 1. The molecule has 0 bridgehead atoms. The van der Waals surface area contributed by atoms with Crippen molar-refractivity contribution in [1.29, 1.82) is 0 Å². The molecular weight excluding hydrogens is 472 g/mol. The van der Waals surface area contributed by atoms with Crippen molar-refractivity contribution in [3.05, 3.63) is 85.9 Å². The van der Waals surface area contributed by atoms with Crippen molar-refractivity contribution >= 4 is 24.0 Å². The fraction of sp³-hybridized carbons (Fsp3) is 0.304. The summed E-state index contributed by atoms with van der Waals surface area (Å²) in [5.74, 6) is -0.208. The van der Waals surface area contributed by atoms with Gasteiger partial charge in [0.2, 0.25) is 0 Å². The van der Waals surface area contributed by atoms with Crippen molar-refractivity contribution in [3.63, 3.8) is 0 Å². The van der Waals surface area contributed by atoms with Gasteiger partial charge in [0.05, 0.1) is 0 Å². The van der Waals surface area contributed by atoms with Gasteiger partial charge in [-0.05, 0) is 59.9 Å². The molecule has 2 amide bonds. The number of amides is 2. The molecule has 0 aliphatic rings. The van der Waals surface area contributed by atoms with Gasteiger partial charge in [0.25, 0.3) is 16.9 Å². The van der Waals surface area contributed by atoms with Crippen LogP contribution in [0.4, 0.5) is 0 Å². The van der Waals surface area contributed by atoms with Crippen LogP contribution >= 0.6 is 12.2 Å². The van der Waals surface area contributed by atoms with Gasteiger partial charge in [0.15, 0.2) is 11.4 Å². The van der Waals surface area contributed by atoms with E-state index in [1.165, 1.54) is 5.56 Å². The topological polar surface area (TPSA) is 144 Å². The van der Waals surface area contributed by atoms with Gasteiger partial charge in [-0.1, -0.05) is 45.0 Å². The molecule has 0 radical (unpaired) electrons. The quantitative estimate of drug-likeness (QED) is 0.233. The highest BCUT2D eigenvalue weighted by atomic mass is 32.1. The molecule has 1 heterocycles. The average molecular weight is 499 g/mol. The van der Waals surface area contributed by atoms with Gasteiger partial charge in [0, 0.05) is 17.2 Å². The second-order valence-electron chi connectivity index (χ2n) is 8.33. The lowest BCUT2D eigenvalue weighted by Gasteiger charge is -2.15. The molecule has 12 heteroatoms. The van der Waals surface area contributed by atoms with Crippen LogP contribution in [0.15, 0.2) is 48.5 Å². The largest absolute Gasteiger partial charge is 0.304 e. The molecule has 3 rings (SSSR count). The van der Waals surface area contributed by atoms with E-state index in [0.29, 0.717) is 16.4 Å². The predicted molar refractivity (Wildman–Crippen MR) is 130 cm³/mol. The number of benzene rings is 2. The van der Waals surface area contributed by atoms with Gasteiger partial charge in [-0.2, -0.15) is 5.10 Å². The molecule has 0 fully saturated rings. The number of hydrazine groups is 1. The van der Waals surface area contributed by atoms with E-state index in [9.17, 15) is 19.7 Å². The Labute approximate surface area is 206 Å². The predicted octanol–water partition coefficient (Wildman–Crippen LogP) is 3.25. The maximum Gasteiger partial charge on any atom is 0.295 e. The molecular formula is C23H26N6O5S. The van der Waals surface area contributed by atoms with Crippen LogP contribution in [-0.4, -0.2) is 38.3 Å². The first-order chi connectivity index (χ1) is 16.7. The fourth-order valence-corrected chi connectivity index (χ4v) is 3.76. The van der Waals surface area contributed by atoms with E-state index in [1.54, 1.807) is 28.8 Å². The van der Waals surface area contributed by atoms with E-state index in [0.717, 1.165) is 17.8 Å². The zero-order chi connectivity index (χ0) is 25.5. The third kappa shape index (κ3) is 6.73. The van der Waals surface area contributed by atoms with E-state index < -0.39 is 23.5 Å². The Kier molecular flexibility index (Phi) is 8.31. The number of carbonyl (C=O) groups is 2. The lowest BCUT2D eigenvalue weighted by atomic mass is 9.96. The summed E-state index contributed by atoms with van der Waals surface area (Å²) in [5.41, 5.74) is 7.56. The number of rotatable bonds is 9. The zero-order valence-electron chi connectivity index (χ0n) is 19.5. The van der Waals surface area contributed by atoms with E-state index in [1.807, 2.05) is 12.3 Å². The minimum Gasteiger partial charge on any atom is -0.304 e. The maximum atomic E-state index is 12.3. The summed E-state index contributed by atoms with van der Waals surface area (Å²) in [6.07, 6.45) is 1.02. The number of aromatic nitrogens is 3. The van der Waals surface area contributed by atoms with Gasteiger partial charge in [-0.15, -0.1) is 10.1 Å². The molecule has 3 N–H and O–H groups in total. The highest BCUT2D eigenvalue weighted by molar-refractivity contribution is 7.71. The molecule has 11 nitrogen and oxygen atoms in total. The van der Waals surface area contributed by atoms with Crippen LogP contribution in [0.1, 0.15) is 54.0 Å². The van der Waals surface area contributed by atoms with E-state index >= 15 is 0 Å². The summed E-state index contributed by atoms with van der Waals surface area (Å²) in [6.45, 7) is 5.60. The fourth-order valence-electron chi connectivity index (χ4n) is 3.52. The van der Waals surface area contributed by atoms with Crippen molar-refractivity contribution < 1.29 is 19.5 Å². The van der Waals surface area contributed by atoms with Crippen LogP contribution in [0.3, 0.4) is 0 Å². The minimum absolute atomic E-state index is 0.0457. The number of hydrogen-bond acceptors (Lipinski definition) is 7. The lowest BCUT2D eigenvalue weighted by Crippen LogP contribution is -2.43. The first kappa shape index (κ1) is 25.6. The Balaban J connectivity index is 1.73. The summed E-state index contributed by atoms with van der Waals surface area (Å²) in [7, 11) is 0. The monoisotopic (exact) mass is 498 g/mol. The number of nitrogens with one attached hydrogen (secondary N) is 3. The zero-order valence-corrected chi connectivity index (χ0v) is 20.3. The van der Waals surface area contributed by atoms with Crippen LogP contribution < -0.4 is 10.9 Å². The Bertz CT molecular complexity index is 1250. The van der Waals surface area contributed by atoms with Crippen molar-refractivity contribution in [3.8, 4) is 5.69 Å². The smallest absolute Gasteiger partial charge is 0.295 e. The summed E-state index contributed by atoms with van der Waals surface area (Å²) in [6, 6.07) is 15.0. The van der Waals surface area contributed by atoms with Gasteiger partial charge < -0.3 is 4.84 Å². The van der Waals surface area contributed by atoms with Gasteiger partial charge in [-0.3, -0.25) is 30.1 Å². The van der Waals surface area contributed by atoms with Gasteiger partial charge in [-0.25, -0.2) is 0 Å². The normalized spacial score (nSPS) is 11.7. The number of hydrogen-bond donors (Lipinski definition) is 3. The molecule has 3 aromatic rings. The highest BCUT2D eigenvalue weighted by Crippen LogP contribution is 2.26. The van der Waals surface area contributed by atoms with Crippen LogP contribution in [0.25, 0.3) is 5.69 Å².